The molecule has 0 unspecified atom stereocenters. The Bertz CT molecular complexity index is 968. The summed E-state index contributed by atoms with van der Waals surface area (Å²) in [7, 11) is -3.96. The summed E-state index contributed by atoms with van der Waals surface area (Å²) in [5, 5.41) is 0. The second-order valence-corrected chi connectivity index (χ2v) is 6.83. The van der Waals surface area contributed by atoms with E-state index in [-0.39, 0.29) is 36.2 Å². The summed E-state index contributed by atoms with van der Waals surface area (Å²) in [6, 6.07) is 6.12. The summed E-state index contributed by atoms with van der Waals surface area (Å²) < 4.78 is 76.2. The van der Waals surface area contributed by atoms with Gasteiger partial charge in [0, 0.05) is 6.07 Å². The van der Waals surface area contributed by atoms with E-state index >= 15 is 0 Å². The zero-order chi connectivity index (χ0) is 19.9. The van der Waals surface area contributed by atoms with Crippen molar-refractivity contribution in [2.45, 2.75) is 11.8 Å². The monoisotopic (exact) mass is 399 g/mol. The fraction of sp³-hybridized carbons (Fsp3) is 0.222. The SMILES string of the molecule is CCOc1ccc(S(=O)(=O)NCC#CCOc2ccc(F)cc2F)cc1F. The minimum atomic E-state index is -3.96. The normalized spacial score (nSPS) is 10.8. The molecule has 0 radical (unpaired) electrons. The van der Waals surface area contributed by atoms with E-state index in [1.54, 1.807) is 6.92 Å². The van der Waals surface area contributed by atoms with Gasteiger partial charge in [-0.2, -0.15) is 4.72 Å². The third-order valence-corrected chi connectivity index (χ3v) is 4.58. The molecule has 0 fully saturated rings. The smallest absolute Gasteiger partial charge is 0.241 e. The predicted octanol–water partition coefficient (Wildman–Crippen LogP) is 2.86. The molecule has 0 saturated heterocycles. The third kappa shape index (κ3) is 5.91. The number of rotatable bonds is 7. The lowest BCUT2D eigenvalue weighted by atomic mass is 10.3. The number of benzene rings is 2. The molecule has 1 N–H and O–H groups in total. The molecule has 5 nitrogen and oxygen atoms in total. The van der Waals surface area contributed by atoms with Crippen molar-refractivity contribution in [1.82, 2.24) is 4.72 Å². The Hall–Kier alpha value is -2.70. The van der Waals surface area contributed by atoms with E-state index in [1.165, 1.54) is 12.1 Å². The average Bonchev–Trinajstić information content (AvgIpc) is 2.61. The Labute approximate surface area is 155 Å². The lowest BCUT2D eigenvalue weighted by molar-refractivity contribution is 0.321. The average molecular weight is 399 g/mol. The van der Waals surface area contributed by atoms with Crippen LogP contribution in [0.2, 0.25) is 0 Å². The molecular formula is C18H16F3NO4S. The maximum Gasteiger partial charge on any atom is 0.241 e. The first-order chi connectivity index (χ1) is 12.8. The van der Waals surface area contributed by atoms with Crippen LogP contribution < -0.4 is 14.2 Å². The fourth-order valence-corrected chi connectivity index (χ4v) is 2.89. The molecule has 144 valence electrons. The maximum absolute atomic E-state index is 13.8. The van der Waals surface area contributed by atoms with Gasteiger partial charge in [0.25, 0.3) is 0 Å². The van der Waals surface area contributed by atoms with Gasteiger partial charge in [0.05, 0.1) is 18.0 Å². The maximum atomic E-state index is 13.8. The van der Waals surface area contributed by atoms with E-state index in [4.69, 9.17) is 9.47 Å². The van der Waals surface area contributed by atoms with Gasteiger partial charge in [-0.25, -0.2) is 21.6 Å². The van der Waals surface area contributed by atoms with Crippen LogP contribution in [-0.2, 0) is 10.0 Å². The molecule has 0 aliphatic heterocycles. The second-order valence-electron chi connectivity index (χ2n) is 5.07. The van der Waals surface area contributed by atoms with E-state index in [0.717, 1.165) is 18.2 Å². The largest absolute Gasteiger partial charge is 0.491 e. The first kappa shape index (κ1) is 20.6. The van der Waals surface area contributed by atoms with Crippen molar-refractivity contribution < 1.29 is 31.1 Å². The lowest BCUT2D eigenvalue weighted by Gasteiger charge is -2.07. The summed E-state index contributed by atoms with van der Waals surface area (Å²) in [6.07, 6.45) is 0. The third-order valence-electron chi connectivity index (χ3n) is 3.18. The van der Waals surface area contributed by atoms with Crippen molar-refractivity contribution in [1.29, 1.82) is 0 Å². The molecule has 2 aromatic carbocycles. The highest BCUT2D eigenvalue weighted by molar-refractivity contribution is 7.89. The predicted molar refractivity (Wildman–Crippen MR) is 92.4 cm³/mol. The number of halogens is 3. The Morgan fingerprint density at radius 3 is 2.30 bits per heavy atom. The summed E-state index contributed by atoms with van der Waals surface area (Å²) in [6.45, 7) is 1.45. The van der Waals surface area contributed by atoms with Gasteiger partial charge in [0.2, 0.25) is 10.0 Å². The molecule has 0 aliphatic rings. The van der Waals surface area contributed by atoms with Crippen LogP contribution in [0.25, 0.3) is 0 Å². The molecule has 0 saturated carbocycles. The number of ether oxygens (including phenoxy) is 2. The van der Waals surface area contributed by atoms with Crippen molar-refractivity contribution >= 4 is 10.0 Å². The van der Waals surface area contributed by atoms with Crippen LogP contribution in [0.15, 0.2) is 41.3 Å². The highest BCUT2D eigenvalue weighted by Gasteiger charge is 2.15. The van der Waals surface area contributed by atoms with Crippen LogP contribution in [0.1, 0.15) is 6.92 Å². The Morgan fingerprint density at radius 1 is 0.963 bits per heavy atom. The summed E-state index contributed by atoms with van der Waals surface area (Å²) in [5.74, 6) is 2.36. The first-order valence-corrected chi connectivity index (χ1v) is 9.27. The van der Waals surface area contributed by atoms with Gasteiger partial charge in [-0.15, -0.1) is 0 Å². The van der Waals surface area contributed by atoms with Gasteiger partial charge in [-0.1, -0.05) is 11.8 Å². The van der Waals surface area contributed by atoms with Crippen LogP contribution >= 0.6 is 0 Å². The van der Waals surface area contributed by atoms with Crippen molar-refractivity contribution in [3.05, 3.63) is 53.8 Å². The molecule has 0 heterocycles. The van der Waals surface area contributed by atoms with Crippen LogP contribution in [0.4, 0.5) is 13.2 Å². The quantitative estimate of drug-likeness (QED) is 0.728. The fourth-order valence-electron chi connectivity index (χ4n) is 1.96. The zero-order valence-corrected chi connectivity index (χ0v) is 15.1. The van der Waals surface area contributed by atoms with E-state index in [2.05, 4.69) is 16.6 Å². The Kier molecular flexibility index (Phi) is 7.10. The van der Waals surface area contributed by atoms with Gasteiger partial charge in [-0.3, -0.25) is 0 Å². The topological polar surface area (TPSA) is 64.6 Å². The zero-order valence-electron chi connectivity index (χ0n) is 14.3. The molecule has 0 aliphatic carbocycles. The Balaban J connectivity index is 1.89. The molecular weight excluding hydrogens is 383 g/mol. The van der Waals surface area contributed by atoms with Crippen LogP contribution in [0.5, 0.6) is 11.5 Å². The summed E-state index contributed by atoms with van der Waals surface area (Å²) >= 11 is 0. The van der Waals surface area contributed by atoms with Gasteiger partial charge in [0.15, 0.2) is 23.1 Å². The van der Waals surface area contributed by atoms with Gasteiger partial charge in [0.1, 0.15) is 12.4 Å². The molecule has 2 rings (SSSR count). The summed E-state index contributed by atoms with van der Waals surface area (Å²) in [4.78, 5) is -0.269. The molecule has 27 heavy (non-hydrogen) atoms. The van der Waals surface area contributed by atoms with Gasteiger partial charge in [-0.05, 0) is 37.3 Å². The molecule has 0 aromatic heterocycles. The molecule has 2 aromatic rings. The van der Waals surface area contributed by atoms with Gasteiger partial charge < -0.3 is 9.47 Å². The second kappa shape index (κ2) is 9.30. The van der Waals surface area contributed by atoms with E-state index in [1.807, 2.05) is 0 Å². The molecule has 0 atom stereocenters. The van der Waals surface area contributed by atoms with Crippen molar-refractivity contribution in [2.75, 3.05) is 19.8 Å². The molecule has 0 bridgehead atoms. The number of hydrogen-bond acceptors (Lipinski definition) is 4. The van der Waals surface area contributed by atoms with Crippen molar-refractivity contribution in [3.8, 4) is 23.3 Å². The lowest BCUT2D eigenvalue weighted by Crippen LogP contribution is -2.24. The minimum Gasteiger partial charge on any atom is -0.491 e. The molecule has 0 amide bonds. The first-order valence-electron chi connectivity index (χ1n) is 7.79. The summed E-state index contributed by atoms with van der Waals surface area (Å²) in [5.41, 5.74) is 0. The van der Waals surface area contributed by atoms with Crippen LogP contribution in [0, 0.1) is 29.3 Å². The van der Waals surface area contributed by atoms with Crippen LogP contribution in [-0.4, -0.2) is 28.2 Å². The number of sulfonamides is 1. The van der Waals surface area contributed by atoms with Crippen molar-refractivity contribution in [3.63, 3.8) is 0 Å². The van der Waals surface area contributed by atoms with Gasteiger partial charge >= 0.3 is 0 Å². The highest BCUT2D eigenvalue weighted by atomic mass is 32.2. The highest BCUT2D eigenvalue weighted by Crippen LogP contribution is 2.21. The van der Waals surface area contributed by atoms with Crippen LogP contribution in [0.3, 0.4) is 0 Å². The standard InChI is InChI=1S/C18H16F3NO4S/c1-2-25-17-8-6-14(12-16(17)21)27(23,24)22-9-3-4-10-26-18-7-5-13(19)11-15(18)20/h5-8,11-12,22H,2,9-10H2,1H3. The molecule has 0 spiro atoms. The number of hydrogen-bond donors (Lipinski definition) is 1. The van der Waals surface area contributed by atoms with E-state index in [0.29, 0.717) is 6.07 Å². The van der Waals surface area contributed by atoms with E-state index < -0.39 is 27.5 Å². The molecule has 9 heteroatoms. The van der Waals surface area contributed by atoms with Crippen molar-refractivity contribution in [2.24, 2.45) is 0 Å². The minimum absolute atomic E-state index is 0.0404. The Morgan fingerprint density at radius 2 is 1.63 bits per heavy atom. The van der Waals surface area contributed by atoms with E-state index in [9.17, 15) is 21.6 Å². The number of nitrogens with one attached hydrogen (secondary N) is 1.